The second-order valence-electron chi connectivity index (χ2n) is 5.18. The number of imidazole rings is 1. The molecule has 2 nitrogen and oxygen atoms in total. The summed E-state index contributed by atoms with van der Waals surface area (Å²) in [6.45, 7) is 4.02. The number of rotatable bonds is 3. The van der Waals surface area contributed by atoms with E-state index in [0.29, 0.717) is 12.3 Å². The molecule has 0 aliphatic heterocycles. The van der Waals surface area contributed by atoms with E-state index in [9.17, 15) is 4.39 Å². The first-order valence-corrected chi connectivity index (χ1v) is 7.44. The van der Waals surface area contributed by atoms with Crippen LogP contribution in [0, 0.1) is 19.7 Å². The minimum atomic E-state index is -0.247. The van der Waals surface area contributed by atoms with Gasteiger partial charge in [0.05, 0.1) is 16.7 Å². The van der Waals surface area contributed by atoms with Crippen LogP contribution in [-0.2, 0) is 6.42 Å². The first-order chi connectivity index (χ1) is 10.1. The van der Waals surface area contributed by atoms with E-state index < -0.39 is 0 Å². The highest BCUT2D eigenvalue weighted by Gasteiger charge is 2.15. The molecular weight excluding hydrogens is 287 g/mol. The van der Waals surface area contributed by atoms with Gasteiger partial charge in [-0.3, -0.25) is 4.57 Å². The summed E-state index contributed by atoms with van der Waals surface area (Å²) in [7, 11) is 0. The number of alkyl halides is 1. The lowest BCUT2D eigenvalue weighted by molar-refractivity contribution is 0.626. The van der Waals surface area contributed by atoms with E-state index in [1.54, 1.807) is 12.1 Å². The van der Waals surface area contributed by atoms with Gasteiger partial charge in [-0.15, -0.1) is 11.6 Å². The first-order valence-electron chi connectivity index (χ1n) is 6.91. The number of hydrogen-bond donors (Lipinski definition) is 0. The molecule has 0 aliphatic rings. The summed E-state index contributed by atoms with van der Waals surface area (Å²) >= 11 is 5.91. The Hall–Kier alpha value is -1.87. The molecule has 0 unspecified atom stereocenters. The molecule has 2 aromatic carbocycles. The van der Waals surface area contributed by atoms with E-state index in [4.69, 9.17) is 11.6 Å². The topological polar surface area (TPSA) is 17.8 Å². The summed E-state index contributed by atoms with van der Waals surface area (Å²) in [5.74, 6) is 1.10. The van der Waals surface area contributed by atoms with Crippen LogP contribution in [0.3, 0.4) is 0 Å². The standard InChI is InChI=1S/C17H16ClFN2/c1-11-6-7-13(19)10-15(11)21-16(8-9-18)20-14-5-3-4-12(2)17(14)21/h3-7,10H,8-9H2,1-2H3. The third-order valence-electron chi connectivity index (χ3n) is 3.68. The fraction of sp³-hybridized carbons (Fsp3) is 0.235. The number of hydrogen-bond acceptors (Lipinski definition) is 1. The Kier molecular flexibility index (Phi) is 3.68. The highest BCUT2D eigenvalue weighted by atomic mass is 35.5. The second kappa shape index (κ2) is 5.49. The van der Waals surface area contributed by atoms with Gasteiger partial charge in [-0.05, 0) is 43.2 Å². The molecular formula is C17H16ClFN2. The number of fused-ring (bicyclic) bond motifs is 1. The number of para-hydroxylation sites is 1. The Balaban J connectivity index is 2.38. The van der Waals surface area contributed by atoms with Gasteiger partial charge in [-0.1, -0.05) is 18.2 Å². The normalized spacial score (nSPS) is 11.2. The van der Waals surface area contributed by atoms with Crippen molar-refractivity contribution in [3.63, 3.8) is 0 Å². The molecule has 1 aromatic heterocycles. The number of benzene rings is 2. The van der Waals surface area contributed by atoms with Crippen LogP contribution < -0.4 is 0 Å². The van der Waals surface area contributed by atoms with Crippen molar-refractivity contribution in [2.24, 2.45) is 0 Å². The lowest BCUT2D eigenvalue weighted by atomic mass is 10.1. The van der Waals surface area contributed by atoms with Crippen molar-refractivity contribution in [1.82, 2.24) is 9.55 Å². The average Bonchev–Trinajstić information content (AvgIpc) is 2.81. The maximum atomic E-state index is 13.7. The Bertz CT molecular complexity index is 808. The molecule has 0 aliphatic carbocycles. The van der Waals surface area contributed by atoms with E-state index in [0.717, 1.165) is 33.7 Å². The van der Waals surface area contributed by atoms with Gasteiger partial charge in [0.1, 0.15) is 11.6 Å². The zero-order valence-corrected chi connectivity index (χ0v) is 12.8. The Morgan fingerprint density at radius 2 is 1.95 bits per heavy atom. The van der Waals surface area contributed by atoms with Crippen LogP contribution in [0.25, 0.3) is 16.7 Å². The molecule has 3 aromatic rings. The van der Waals surface area contributed by atoms with Crippen molar-refractivity contribution in [1.29, 1.82) is 0 Å². The third-order valence-corrected chi connectivity index (χ3v) is 3.87. The van der Waals surface area contributed by atoms with Gasteiger partial charge in [0, 0.05) is 12.3 Å². The SMILES string of the molecule is Cc1ccc(F)cc1-n1c(CCCl)nc2cccc(C)c21. The van der Waals surface area contributed by atoms with Gasteiger partial charge >= 0.3 is 0 Å². The molecule has 0 N–H and O–H groups in total. The van der Waals surface area contributed by atoms with E-state index in [-0.39, 0.29) is 5.82 Å². The maximum absolute atomic E-state index is 13.7. The Morgan fingerprint density at radius 1 is 1.14 bits per heavy atom. The minimum absolute atomic E-state index is 0.247. The maximum Gasteiger partial charge on any atom is 0.125 e. The molecule has 0 fully saturated rings. The Labute approximate surface area is 128 Å². The summed E-state index contributed by atoms with van der Waals surface area (Å²) in [5, 5.41) is 0. The van der Waals surface area contributed by atoms with E-state index in [1.807, 2.05) is 36.6 Å². The molecule has 0 spiro atoms. The predicted molar refractivity (Wildman–Crippen MR) is 84.9 cm³/mol. The van der Waals surface area contributed by atoms with Crippen LogP contribution in [-0.4, -0.2) is 15.4 Å². The summed E-state index contributed by atoms with van der Waals surface area (Å²) < 4.78 is 15.7. The number of aromatic nitrogens is 2. The quantitative estimate of drug-likeness (QED) is 0.648. The number of nitrogens with zero attached hydrogens (tertiary/aromatic N) is 2. The lowest BCUT2D eigenvalue weighted by Crippen LogP contribution is -2.05. The van der Waals surface area contributed by atoms with Crippen molar-refractivity contribution in [3.8, 4) is 5.69 Å². The molecule has 1 heterocycles. The van der Waals surface area contributed by atoms with Crippen molar-refractivity contribution >= 4 is 22.6 Å². The van der Waals surface area contributed by atoms with Crippen LogP contribution in [0.15, 0.2) is 36.4 Å². The minimum Gasteiger partial charge on any atom is -0.296 e. The van der Waals surface area contributed by atoms with E-state index >= 15 is 0 Å². The van der Waals surface area contributed by atoms with Crippen LogP contribution in [0.2, 0.25) is 0 Å². The highest BCUT2D eigenvalue weighted by molar-refractivity contribution is 6.18. The fourth-order valence-corrected chi connectivity index (χ4v) is 2.85. The van der Waals surface area contributed by atoms with E-state index in [2.05, 4.69) is 4.98 Å². The molecule has 0 bridgehead atoms. The molecule has 0 saturated heterocycles. The van der Waals surface area contributed by atoms with Gasteiger partial charge in [0.25, 0.3) is 0 Å². The highest BCUT2D eigenvalue weighted by Crippen LogP contribution is 2.27. The summed E-state index contributed by atoms with van der Waals surface area (Å²) in [5.41, 5.74) is 4.89. The van der Waals surface area contributed by atoms with E-state index in [1.165, 1.54) is 6.07 Å². The van der Waals surface area contributed by atoms with Gasteiger partial charge in [-0.25, -0.2) is 9.37 Å². The van der Waals surface area contributed by atoms with Crippen LogP contribution in [0.1, 0.15) is 17.0 Å². The van der Waals surface area contributed by atoms with Crippen molar-refractivity contribution in [2.75, 3.05) is 5.88 Å². The number of halogens is 2. The van der Waals surface area contributed by atoms with Crippen molar-refractivity contribution in [2.45, 2.75) is 20.3 Å². The lowest BCUT2D eigenvalue weighted by Gasteiger charge is -2.13. The zero-order chi connectivity index (χ0) is 15.0. The molecule has 108 valence electrons. The molecule has 0 atom stereocenters. The van der Waals surface area contributed by atoms with Crippen LogP contribution in [0.5, 0.6) is 0 Å². The van der Waals surface area contributed by atoms with Gasteiger partial charge < -0.3 is 0 Å². The van der Waals surface area contributed by atoms with Gasteiger partial charge in [-0.2, -0.15) is 0 Å². The third kappa shape index (κ3) is 2.42. The smallest absolute Gasteiger partial charge is 0.125 e. The summed E-state index contributed by atoms with van der Waals surface area (Å²) in [4.78, 5) is 4.67. The number of aryl methyl sites for hydroxylation is 3. The molecule has 0 radical (unpaired) electrons. The monoisotopic (exact) mass is 302 g/mol. The predicted octanol–water partition coefficient (Wildman–Crippen LogP) is 4.56. The van der Waals surface area contributed by atoms with Crippen LogP contribution >= 0.6 is 11.6 Å². The van der Waals surface area contributed by atoms with Gasteiger partial charge in [0.2, 0.25) is 0 Å². The average molecular weight is 303 g/mol. The molecule has 4 heteroatoms. The van der Waals surface area contributed by atoms with Crippen molar-refractivity contribution in [3.05, 3.63) is 59.2 Å². The second-order valence-corrected chi connectivity index (χ2v) is 5.55. The molecule has 0 amide bonds. The molecule has 3 rings (SSSR count). The largest absolute Gasteiger partial charge is 0.296 e. The zero-order valence-electron chi connectivity index (χ0n) is 12.0. The summed E-state index contributed by atoms with van der Waals surface area (Å²) in [6, 6.07) is 10.8. The fourth-order valence-electron chi connectivity index (χ4n) is 2.68. The van der Waals surface area contributed by atoms with Crippen LogP contribution in [0.4, 0.5) is 4.39 Å². The molecule has 21 heavy (non-hydrogen) atoms. The Morgan fingerprint density at radius 3 is 2.71 bits per heavy atom. The summed E-state index contributed by atoms with van der Waals surface area (Å²) in [6.07, 6.45) is 0.644. The van der Waals surface area contributed by atoms with Crippen molar-refractivity contribution < 1.29 is 4.39 Å². The molecule has 0 saturated carbocycles. The van der Waals surface area contributed by atoms with Gasteiger partial charge in [0.15, 0.2) is 0 Å². The first kappa shape index (κ1) is 14.1.